The number of nitrogens with one attached hydrogen (secondary N) is 1. The minimum atomic E-state index is 0.801. The molecular formula is C18H26N2O2. The van der Waals surface area contributed by atoms with Crippen LogP contribution in [0.2, 0.25) is 0 Å². The van der Waals surface area contributed by atoms with Crippen LogP contribution in [0.1, 0.15) is 19.3 Å². The van der Waals surface area contributed by atoms with Gasteiger partial charge in [0.2, 0.25) is 0 Å². The summed E-state index contributed by atoms with van der Waals surface area (Å²) in [6, 6.07) is 9.54. The van der Waals surface area contributed by atoms with Gasteiger partial charge < -0.3 is 14.8 Å². The fourth-order valence-electron chi connectivity index (χ4n) is 4.84. The van der Waals surface area contributed by atoms with Gasteiger partial charge in [-0.05, 0) is 68.5 Å². The first-order valence-electron chi connectivity index (χ1n) is 8.60. The van der Waals surface area contributed by atoms with Crippen LogP contribution in [0.4, 0.5) is 0 Å². The molecule has 4 nitrogen and oxygen atoms in total. The molecule has 3 saturated heterocycles. The van der Waals surface area contributed by atoms with Gasteiger partial charge in [-0.25, -0.2) is 0 Å². The molecule has 4 heteroatoms. The van der Waals surface area contributed by atoms with E-state index in [1.54, 1.807) is 7.11 Å². The molecule has 0 amide bonds. The molecule has 0 saturated carbocycles. The lowest BCUT2D eigenvalue weighted by Gasteiger charge is -2.24. The van der Waals surface area contributed by atoms with Gasteiger partial charge in [0.05, 0.1) is 13.7 Å². The molecular weight excluding hydrogens is 276 g/mol. The molecule has 1 aromatic rings. The van der Waals surface area contributed by atoms with E-state index >= 15 is 0 Å². The van der Waals surface area contributed by atoms with Crippen molar-refractivity contribution < 1.29 is 9.47 Å². The fraction of sp³-hybridized carbons (Fsp3) is 0.667. The van der Waals surface area contributed by atoms with Crippen LogP contribution in [0.25, 0.3) is 0 Å². The highest BCUT2D eigenvalue weighted by Gasteiger charge is 2.53. The second-order valence-corrected chi connectivity index (χ2v) is 6.81. The Morgan fingerprint density at radius 1 is 1.05 bits per heavy atom. The summed E-state index contributed by atoms with van der Waals surface area (Å²) in [5.41, 5.74) is 0. The Balaban J connectivity index is 1.24. The summed E-state index contributed by atoms with van der Waals surface area (Å²) in [5.74, 6) is 3.65. The van der Waals surface area contributed by atoms with Crippen LogP contribution in [0.3, 0.4) is 0 Å². The summed E-state index contributed by atoms with van der Waals surface area (Å²) in [5, 5.41) is 3.58. The predicted octanol–water partition coefficient (Wildman–Crippen LogP) is 2.15. The minimum absolute atomic E-state index is 0.801. The Hall–Kier alpha value is -1.26. The lowest BCUT2D eigenvalue weighted by atomic mass is 9.82. The standard InChI is InChI=1S/C18H26N2O2/c1-21-13-3-5-14(6-4-13)22-10-2-9-20-17-7-8-18(20)16-12-19-11-15(16)17/h3-6,15-19H,2,7-12H2,1H3/t15-,16+,17-,18+. The van der Waals surface area contributed by atoms with Gasteiger partial charge in [0, 0.05) is 18.6 Å². The molecule has 3 fully saturated rings. The smallest absolute Gasteiger partial charge is 0.119 e. The molecule has 1 N–H and O–H groups in total. The molecule has 0 spiro atoms. The summed E-state index contributed by atoms with van der Waals surface area (Å²) < 4.78 is 11.0. The Bertz CT molecular complexity index is 486. The maximum Gasteiger partial charge on any atom is 0.119 e. The molecule has 3 aliphatic heterocycles. The molecule has 22 heavy (non-hydrogen) atoms. The van der Waals surface area contributed by atoms with Crippen molar-refractivity contribution in [2.45, 2.75) is 31.3 Å². The Morgan fingerprint density at radius 3 is 2.32 bits per heavy atom. The van der Waals surface area contributed by atoms with Crippen LogP contribution in [0.5, 0.6) is 11.5 Å². The molecule has 120 valence electrons. The van der Waals surface area contributed by atoms with E-state index in [1.165, 1.54) is 32.5 Å². The van der Waals surface area contributed by atoms with Crippen LogP contribution in [-0.2, 0) is 0 Å². The summed E-state index contributed by atoms with van der Waals surface area (Å²) >= 11 is 0. The third kappa shape index (κ3) is 2.48. The van der Waals surface area contributed by atoms with Crippen LogP contribution < -0.4 is 14.8 Å². The van der Waals surface area contributed by atoms with E-state index in [0.29, 0.717) is 0 Å². The molecule has 0 aromatic heterocycles. The van der Waals surface area contributed by atoms with E-state index in [-0.39, 0.29) is 0 Å². The molecule has 3 heterocycles. The monoisotopic (exact) mass is 302 g/mol. The molecule has 2 bridgehead atoms. The molecule has 3 aliphatic rings. The SMILES string of the molecule is COc1ccc(OCCCN2[C@@H]3CC[C@H]2[C@H]2CNC[C@H]23)cc1. The Morgan fingerprint density at radius 2 is 1.68 bits per heavy atom. The largest absolute Gasteiger partial charge is 0.497 e. The van der Waals surface area contributed by atoms with Crippen molar-refractivity contribution in [2.75, 3.05) is 33.4 Å². The van der Waals surface area contributed by atoms with Crippen LogP contribution in [0.15, 0.2) is 24.3 Å². The van der Waals surface area contributed by atoms with Gasteiger partial charge in [0.15, 0.2) is 0 Å². The third-order valence-electron chi connectivity index (χ3n) is 5.80. The number of benzene rings is 1. The molecule has 0 unspecified atom stereocenters. The zero-order chi connectivity index (χ0) is 14.9. The number of fused-ring (bicyclic) bond motifs is 5. The van der Waals surface area contributed by atoms with E-state index in [2.05, 4.69) is 10.2 Å². The van der Waals surface area contributed by atoms with Gasteiger partial charge >= 0.3 is 0 Å². The van der Waals surface area contributed by atoms with Gasteiger partial charge in [0.1, 0.15) is 11.5 Å². The normalized spacial score (nSPS) is 33.1. The van der Waals surface area contributed by atoms with Crippen molar-refractivity contribution >= 4 is 0 Å². The number of methoxy groups -OCH3 is 1. The van der Waals surface area contributed by atoms with E-state index in [1.807, 2.05) is 24.3 Å². The molecule has 0 aliphatic carbocycles. The topological polar surface area (TPSA) is 33.7 Å². The molecule has 1 aromatic carbocycles. The molecule has 4 rings (SSSR count). The van der Waals surface area contributed by atoms with Crippen molar-refractivity contribution in [3.8, 4) is 11.5 Å². The minimum Gasteiger partial charge on any atom is -0.497 e. The van der Waals surface area contributed by atoms with E-state index in [4.69, 9.17) is 9.47 Å². The Kier molecular flexibility index (Phi) is 3.97. The lowest BCUT2D eigenvalue weighted by Crippen LogP contribution is -2.35. The Labute approximate surface area is 132 Å². The highest BCUT2D eigenvalue weighted by Crippen LogP contribution is 2.47. The van der Waals surface area contributed by atoms with Gasteiger partial charge in [-0.1, -0.05) is 0 Å². The number of hydrogen-bond donors (Lipinski definition) is 1. The summed E-state index contributed by atoms with van der Waals surface area (Å²) in [6.45, 7) is 4.48. The van der Waals surface area contributed by atoms with Gasteiger partial charge in [0.25, 0.3) is 0 Å². The average Bonchev–Trinajstić information content (AvgIpc) is 3.24. The highest BCUT2D eigenvalue weighted by atomic mass is 16.5. The van der Waals surface area contributed by atoms with E-state index in [0.717, 1.165) is 48.4 Å². The highest BCUT2D eigenvalue weighted by molar-refractivity contribution is 5.31. The van der Waals surface area contributed by atoms with Gasteiger partial charge in [-0.15, -0.1) is 0 Å². The summed E-state index contributed by atoms with van der Waals surface area (Å²) in [6.07, 6.45) is 3.94. The maximum absolute atomic E-state index is 5.86. The predicted molar refractivity (Wildman–Crippen MR) is 86.5 cm³/mol. The first kappa shape index (κ1) is 14.3. The van der Waals surface area contributed by atoms with Crippen molar-refractivity contribution in [3.05, 3.63) is 24.3 Å². The van der Waals surface area contributed by atoms with Crippen LogP contribution >= 0.6 is 0 Å². The maximum atomic E-state index is 5.86. The third-order valence-corrected chi connectivity index (χ3v) is 5.80. The van der Waals surface area contributed by atoms with E-state index < -0.39 is 0 Å². The van der Waals surface area contributed by atoms with Crippen LogP contribution in [0, 0.1) is 11.8 Å². The number of rotatable bonds is 6. The quantitative estimate of drug-likeness (QED) is 0.817. The second-order valence-electron chi connectivity index (χ2n) is 6.81. The lowest BCUT2D eigenvalue weighted by molar-refractivity contribution is 0.202. The summed E-state index contributed by atoms with van der Waals surface area (Å²) in [7, 11) is 1.69. The second kappa shape index (κ2) is 6.09. The molecule has 0 radical (unpaired) electrons. The summed E-state index contributed by atoms with van der Waals surface area (Å²) in [4.78, 5) is 2.79. The van der Waals surface area contributed by atoms with Crippen molar-refractivity contribution in [1.29, 1.82) is 0 Å². The van der Waals surface area contributed by atoms with Crippen molar-refractivity contribution in [2.24, 2.45) is 11.8 Å². The first-order chi connectivity index (χ1) is 10.9. The number of ether oxygens (including phenoxy) is 2. The molecule has 4 atom stereocenters. The van der Waals surface area contributed by atoms with Crippen molar-refractivity contribution in [1.82, 2.24) is 10.2 Å². The van der Waals surface area contributed by atoms with Gasteiger partial charge in [-0.3, -0.25) is 4.90 Å². The van der Waals surface area contributed by atoms with Gasteiger partial charge in [-0.2, -0.15) is 0 Å². The number of nitrogens with zero attached hydrogens (tertiary/aromatic N) is 1. The average molecular weight is 302 g/mol. The zero-order valence-electron chi connectivity index (χ0n) is 13.3. The first-order valence-corrected chi connectivity index (χ1v) is 8.60. The van der Waals surface area contributed by atoms with Crippen molar-refractivity contribution in [3.63, 3.8) is 0 Å². The van der Waals surface area contributed by atoms with E-state index in [9.17, 15) is 0 Å². The zero-order valence-corrected chi connectivity index (χ0v) is 13.3. The fourth-order valence-corrected chi connectivity index (χ4v) is 4.84. The van der Waals surface area contributed by atoms with Crippen LogP contribution in [-0.4, -0.2) is 50.3 Å². The number of hydrogen-bond acceptors (Lipinski definition) is 4.